The van der Waals surface area contributed by atoms with Crippen LogP contribution in [0.15, 0.2) is 30.6 Å². The third-order valence-corrected chi connectivity index (χ3v) is 2.76. The van der Waals surface area contributed by atoms with Crippen LogP contribution in [0.2, 0.25) is 0 Å². The average Bonchev–Trinajstić information content (AvgIpc) is 2.80. The van der Waals surface area contributed by atoms with E-state index in [0.29, 0.717) is 17.3 Å². The van der Waals surface area contributed by atoms with Crippen LogP contribution in [0.5, 0.6) is 11.6 Å². The van der Waals surface area contributed by atoms with Crippen molar-refractivity contribution in [2.75, 3.05) is 5.73 Å². The van der Waals surface area contributed by atoms with Crippen LogP contribution in [0, 0.1) is 13.8 Å². The first-order valence-corrected chi connectivity index (χ1v) is 5.85. The lowest BCUT2D eigenvalue weighted by Crippen LogP contribution is -2.00. The number of fused-ring (bicyclic) bond motifs is 1. The maximum absolute atomic E-state index is 5.88. The predicted octanol–water partition coefficient (Wildman–Crippen LogP) is 2.12. The SMILES string of the molecule is Cc1cc(Oc2ccc(N)cc2C)n2ncnc2n1. The quantitative estimate of drug-likeness (QED) is 0.709. The van der Waals surface area contributed by atoms with E-state index in [1.165, 1.54) is 6.33 Å². The topological polar surface area (TPSA) is 78.3 Å². The highest BCUT2D eigenvalue weighted by molar-refractivity contribution is 5.48. The lowest BCUT2D eigenvalue weighted by Gasteiger charge is -2.10. The molecule has 0 bridgehead atoms. The van der Waals surface area contributed by atoms with Gasteiger partial charge in [-0.25, -0.2) is 4.98 Å². The summed E-state index contributed by atoms with van der Waals surface area (Å²) in [6.07, 6.45) is 1.45. The first kappa shape index (κ1) is 11.5. The Kier molecular flexibility index (Phi) is 2.56. The van der Waals surface area contributed by atoms with E-state index < -0.39 is 0 Å². The molecular weight excluding hydrogens is 242 g/mol. The van der Waals surface area contributed by atoms with E-state index in [0.717, 1.165) is 17.0 Å². The Balaban J connectivity index is 2.07. The van der Waals surface area contributed by atoms with Crippen molar-refractivity contribution in [1.29, 1.82) is 0 Å². The summed E-state index contributed by atoms with van der Waals surface area (Å²) in [5.74, 6) is 1.83. The van der Waals surface area contributed by atoms with E-state index in [-0.39, 0.29) is 0 Å². The summed E-state index contributed by atoms with van der Waals surface area (Å²) in [6.45, 7) is 3.83. The van der Waals surface area contributed by atoms with Crippen molar-refractivity contribution in [3.63, 3.8) is 0 Å². The largest absolute Gasteiger partial charge is 0.439 e. The molecule has 0 atom stereocenters. The lowest BCUT2D eigenvalue weighted by atomic mass is 10.2. The van der Waals surface area contributed by atoms with Crippen molar-refractivity contribution < 1.29 is 4.74 Å². The second kappa shape index (κ2) is 4.24. The fourth-order valence-corrected chi connectivity index (χ4v) is 1.87. The van der Waals surface area contributed by atoms with Crippen molar-refractivity contribution in [3.8, 4) is 11.6 Å². The highest BCUT2D eigenvalue weighted by atomic mass is 16.5. The van der Waals surface area contributed by atoms with Crippen molar-refractivity contribution in [1.82, 2.24) is 19.6 Å². The van der Waals surface area contributed by atoms with E-state index in [4.69, 9.17) is 10.5 Å². The number of nitrogen functional groups attached to an aromatic ring is 1. The molecule has 96 valence electrons. The Hall–Kier alpha value is -2.63. The van der Waals surface area contributed by atoms with Gasteiger partial charge >= 0.3 is 0 Å². The van der Waals surface area contributed by atoms with Gasteiger partial charge in [-0.3, -0.25) is 0 Å². The molecule has 3 aromatic rings. The molecule has 19 heavy (non-hydrogen) atoms. The number of aryl methyl sites for hydroxylation is 2. The molecule has 0 spiro atoms. The molecule has 0 saturated heterocycles. The molecule has 0 fully saturated rings. The molecule has 1 aromatic carbocycles. The highest BCUT2D eigenvalue weighted by Gasteiger charge is 2.09. The van der Waals surface area contributed by atoms with Gasteiger partial charge < -0.3 is 10.5 Å². The minimum atomic E-state index is 0.517. The van der Waals surface area contributed by atoms with Crippen LogP contribution < -0.4 is 10.5 Å². The van der Waals surface area contributed by atoms with Gasteiger partial charge in [-0.15, -0.1) is 0 Å². The van der Waals surface area contributed by atoms with Crippen molar-refractivity contribution in [2.45, 2.75) is 13.8 Å². The first-order valence-electron chi connectivity index (χ1n) is 5.85. The number of hydrogen-bond donors (Lipinski definition) is 1. The number of benzene rings is 1. The summed E-state index contributed by atoms with van der Waals surface area (Å²) in [5.41, 5.74) is 8.22. The second-order valence-corrected chi connectivity index (χ2v) is 4.33. The van der Waals surface area contributed by atoms with E-state index in [1.807, 2.05) is 32.0 Å². The van der Waals surface area contributed by atoms with Crippen LogP contribution in [-0.2, 0) is 0 Å². The molecule has 0 unspecified atom stereocenters. The Morgan fingerprint density at radius 2 is 2.05 bits per heavy atom. The number of rotatable bonds is 2. The summed E-state index contributed by atoms with van der Waals surface area (Å²) >= 11 is 0. The Bertz CT molecular complexity index is 750. The zero-order valence-electron chi connectivity index (χ0n) is 10.7. The molecule has 0 saturated carbocycles. The van der Waals surface area contributed by atoms with Gasteiger partial charge in [0.1, 0.15) is 12.1 Å². The Morgan fingerprint density at radius 1 is 1.21 bits per heavy atom. The van der Waals surface area contributed by atoms with E-state index >= 15 is 0 Å². The second-order valence-electron chi connectivity index (χ2n) is 4.33. The van der Waals surface area contributed by atoms with Crippen LogP contribution in [0.25, 0.3) is 5.78 Å². The first-order chi connectivity index (χ1) is 9.13. The van der Waals surface area contributed by atoms with Gasteiger partial charge in [-0.05, 0) is 37.6 Å². The van der Waals surface area contributed by atoms with Crippen LogP contribution in [0.3, 0.4) is 0 Å². The monoisotopic (exact) mass is 255 g/mol. The fraction of sp³-hybridized carbons (Fsp3) is 0.154. The molecular formula is C13H13N5O. The van der Waals surface area contributed by atoms with Gasteiger partial charge in [-0.1, -0.05) is 0 Å². The minimum absolute atomic E-state index is 0.517. The fourth-order valence-electron chi connectivity index (χ4n) is 1.87. The Morgan fingerprint density at radius 3 is 2.84 bits per heavy atom. The summed E-state index contributed by atoms with van der Waals surface area (Å²) in [7, 11) is 0. The normalized spacial score (nSPS) is 10.8. The maximum atomic E-state index is 5.88. The number of nitrogens with zero attached hydrogens (tertiary/aromatic N) is 4. The van der Waals surface area contributed by atoms with Crippen LogP contribution in [0.1, 0.15) is 11.3 Å². The van der Waals surface area contributed by atoms with Gasteiger partial charge in [0.25, 0.3) is 5.78 Å². The molecule has 0 aliphatic rings. The molecule has 2 heterocycles. The molecule has 6 nitrogen and oxygen atoms in total. The molecule has 6 heteroatoms. The third kappa shape index (κ3) is 2.08. The van der Waals surface area contributed by atoms with Crippen molar-refractivity contribution in [2.24, 2.45) is 0 Å². The maximum Gasteiger partial charge on any atom is 0.255 e. The standard InChI is InChI=1S/C13H13N5O/c1-8-5-10(14)3-4-11(8)19-12-6-9(2)17-13-15-7-16-18(12)13/h3-7H,14H2,1-2H3. The van der Waals surface area contributed by atoms with Crippen LogP contribution in [0.4, 0.5) is 5.69 Å². The molecule has 0 aliphatic carbocycles. The van der Waals surface area contributed by atoms with Crippen LogP contribution in [-0.4, -0.2) is 19.6 Å². The van der Waals surface area contributed by atoms with Crippen LogP contribution >= 0.6 is 0 Å². The summed E-state index contributed by atoms with van der Waals surface area (Å²) in [4.78, 5) is 8.32. The van der Waals surface area contributed by atoms with Gasteiger partial charge in [0.2, 0.25) is 5.88 Å². The Labute approximate surface area is 109 Å². The smallest absolute Gasteiger partial charge is 0.255 e. The molecule has 3 rings (SSSR count). The molecule has 0 amide bonds. The van der Waals surface area contributed by atoms with Gasteiger partial charge in [0.15, 0.2) is 0 Å². The number of hydrogen-bond acceptors (Lipinski definition) is 5. The number of anilines is 1. The van der Waals surface area contributed by atoms with Crippen molar-refractivity contribution >= 4 is 11.5 Å². The average molecular weight is 255 g/mol. The van der Waals surface area contributed by atoms with Crippen molar-refractivity contribution in [3.05, 3.63) is 41.9 Å². The summed E-state index contributed by atoms with van der Waals surface area (Å²) in [6, 6.07) is 7.32. The van der Waals surface area contributed by atoms with Gasteiger partial charge in [0, 0.05) is 17.4 Å². The van der Waals surface area contributed by atoms with Gasteiger partial charge in [-0.2, -0.15) is 14.6 Å². The third-order valence-electron chi connectivity index (χ3n) is 2.76. The molecule has 2 N–H and O–H groups in total. The molecule has 2 aromatic heterocycles. The zero-order valence-corrected chi connectivity index (χ0v) is 10.7. The van der Waals surface area contributed by atoms with E-state index in [2.05, 4.69) is 15.1 Å². The summed E-state index contributed by atoms with van der Waals surface area (Å²) in [5, 5.41) is 4.10. The highest BCUT2D eigenvalue weighted by Crippen LogP contribution is 2.26. The lowest BCUT2D eigenvalue weighted by molar-refractivity contribution is 0.442. The van der Waals surface area contributed by atoms with E-state index in [9.17, 15) is 0 Å². The predicted molar refractivity (Wildman–Crippen MR) is 71.2 cm³/mol. The zero-order chi connectivity index (χ0) is 13.4. The minimum Gasteiger partial charge on any atom is -0.439 e. The number of ether oxygens (including phenoxy) is 1. The summed E-state index contributed by atoms with van der Waals surface area (Å²) < 4.78 is 7.44. The molecule has 0 radical (unpaired) electrons. The number of nitrogens with two attached hydrogens (primary N) is 1. The number of aromatic nitrogens is 4. The molecule has 0 aliphatic heterocycles. The van der Waals surface area contributed by atoms with E-state index in [1.54, 1.807) is 10.6 Å². The van der Waals surface area contributed by atoms with Gasteiger partial charge in [0.05, 0.1) is 0 Å².